The topological polar surface area (TPSA) is 58.0 Å². The van der Waals surface area contributed by atoms with Crippen LogP contribution in [0.5, 0.6) is 0 Å². The zero-order valence-electron chi connectivity index (χ0n) is 11.2. The standard InChI is InChI=1S/C13H23N3O/c1-5-6-11(17)8-14-13-15-10(4)7-12(16-13)9(2)3/h7,9,11,17H,5-6,8H2,1-4H3,(H,14,15,16). The molecule has 1 rings (SSSR count). The van der Waals surface area contributed by atoms with E-state index in [1.54, 1.807) is 0 Å². The lowest BCUT2D eigenvalue weighted by Crippen LogP contribution is -2.20. The summed E-state index contributed by atoms with van der Waals surface area (Å²) in [7, 11) is 0. The summed E-state index contributed by atoms with van der Waals surface area (Å²) in [6, 6.07) is 2.00. The Balaban J connectivity index is 2.64. The molecule has 1 aromatic heterocycles. The largest absolute Gasteiger partial charge is 0.391 e. The van der Waals surface area contributed by atoms with Gasteiger partial charge in [0.2, 0.25) is 5.95 Å². The first-order valence-corrected chi connectivity index (χ1v) is 6.30. The molecule has 0 radical (unpaired) electrons. The molecule has 17 heavy (non-hydrogen) atoms. The van der Waals surface area contributed by atoms with E-state index in [0.717, 1.165) is 24.2 Å². The zero-order valence-corrected chi connectivity index (χ0v) is 11.2. The first kappa shape index (κ1) is 13.9. The Hall–Kier alpha value is -1.16. The summed E-state index contributed by atoms with van der Waals surface area (Å²) in [6.45, 7) is 8.74. The van der Waals surface area contributed by atoms with Crippen molar-refractivity contribution in [1.29, 1.82) is 0 Å². The van der Waals surface area contributed by atoms with E-state index in [-0.39, 0.29) is 6.10 Å². The van der Waals surface area contributed by atoms with Crippen molar-refractivity contribution >= 4 is 5.95 Å². The minimum atomic E-state index is -0.327. The second-order valence-electron chi connectivity index (χ2n) is 4.74. The van der Waals surface area contributed by atoms with E-state index in [0.29, 0.717) is 18.4 Å². The van der Waals surface area contributed by atoms with Crippen LogP contribution in [0.2, 0.25) is 0 Å². The lowest BCUT2D eigenvalue weighted by atomic mass is 10.1. The van der Waals surface area contributed by atoms with Crippen LogP contribution in [-0.4, -0.2) is 27.7 Å². The molecule has 1 atom stereocenters. The fourth-order valence-corrected chi connectivity index (χ4v) is 1.61. The average Bonchev–Trinajstić information content (AvgIpc) is 2.26. The Bertz CT molecular complexity index is 353. The Morgan fingerprint density at radius 3 is 2.65 bits per heavy atom. The Morgan fingerprint density at radius 1 is 1.35 bits per heavy atom. The molecule has 96 valence electrons. The quantitative estimate of drug-likeness (QED) is 0.798. The fraction of sp³-hybridized carbons (Fsp3) is 0.692. The second kappa shape index (κ2) is 6.55. The summed E-state index contributed by atoms with van der Waals surface area (Å²) < 4.78 is 0. The van der Waals surface area contributed by atoms with Gasteiger partial charge in [0.25, 0.3) is 0 Å². The van der Waals surface area contributed by atoms with Crippen LogP contribution in [0.25, 0.3) is 0 Å². The predicted octanol–water partition coefficient (Wildman–Crippen LogP) is 2.48. The second-order valence-corrected chi connectivity index (χ2v) is 4.74. The van der Waals surface area contributed by atoms with Gasteiger partial charge < -0.3 is 10.4 Å². The van der Waals surface area contributed by atoms with Crippen LogP contribution in [-0.2, 0) is 0 Å². The number of nitrogens with zero attached hydrogens (tertiary/aromatic N) is 2. The fourth-order valence-electron chi connectivity index (χ4n) is 1.61. The number of anilines is 1. The number of aliphatic hydroxyl groups is 1. The third-order valence-electron chi connectivity index (χ3n) is 2.58. The molecule has 4 heteroatoms. The maximum absolute atomic E-state index is 9.64. The van der Waals surface area contributed by atoms with Gasteiger partial charge in [0, 0.05) is 17.9 Å². The summed E-state index contributed by atoms with van der Waals surface area (Å²) >= 11 is 0. The van der Waals surface area contributed by atoms with Crippen LogP contribution in [0.1, 0.15) is 50.9 Å². The van der Waals surface area contributed by atoms with E-state index in [1.165, 1.54) is 0 Å². The van der Waals surface area contributed by atoms with Crippen molar-refractivity contribution in [1.82, 2.24) is 9.97 Å². The van der Waals surface area contributed by atoms with Crippen molar-refractivity contribution < 1.29 is 5.11 Å². The summed E-state index contributed by atoms with van der Waals surface area (Å²) in [5, 5.41) is 12.7. The average molecular weight is 237 g/mol. The molecule has 0 aliphatic heterocycles. The van der Waals surface area contributed by atoms with Crippen LogP contribution >= 0.6 is 0 Å². The number of rotatable bonds is 6. The predicted molar refractivity (Wildman–Crippen MR) is 70.3 cm³/mol. The van der Waals surface area contributed by atoms with Crippen molar-refractivity contribution in [3.8, 4) is 0 Å². The van der Waals surface area contributed by atoms with Crippen LogP contribution < -0.4 is 5.32 Å². The third-order valence-corrected chi connectivity index (χ3v) is 2.58. The van der Waals surface area contributed by atoms with Crippen molar-refractivity contribution in [2.45, 2.75) is 52.6 Å². The molecule has 0 bridgehead atoms. The van der Waals surface area contributed by atoms with E-state index >= 15 is 0 Å². The minimum Gasteiger partial charge on any atom is -0.391 e. The molecule has 0 amide bonds. The minimum absolute atomic E-state index is 0.327. The Labute approximate surface area is 103 Å². The molecule has 0 saturated heterocycles. The number of aromatic nitrogens is 2. The molecule has 1 unspecified atom stereocenters. The number of aliphatic hydroxyl groups excluding tert-OH is 1. The van der Waals surface area contributed by atoms with Crippen LogP contribution in [0.3, 0.4) is 0 Å². The Morgan fingerprint density at radius 2 is 2.06 bits per heavy atom. The summed E-state index contributed by atoms with van der Waals surface area (Å²) in [6.07, 6.45) is 1.46. The third kappa shape index (κ3) is 4.69. The Kier molecular flexibility index (Phi) is 5.35. The van der Waals surface area contributed by atoms with E-state index in [1.807, 2.05) is 13.0 Å². The van der Waals surface area contributed by atoms with Crippen molar-refractivity contribution in [2.75, 3.05) is 11.9 Å². The summed E-state index contributed by atoms with van der Waals surface area (Å²) in [4.78, 5) is 8.75. The molecular weight excluding hydrogens is 214 g/mol. The van der Waals surface area contributed by atoms with Crippen LogP contribution in [0.15, 0.2) is 6.07 Å². The van der Waals surface area contributed by atoms with Gasteiger partial charge >= 0.3 is 0 Å². The number of aryl methyl sites for hydroxylation is 1. The lowest BCUT2D eigenvalue weighted by molar-refractivity contribution is 0.176. The molecule has 0 spiro atoms. The first-order chi connectivity index (χ1) is 8.02. The maximum atomic E-state index is 9.64. The molecule has 1 heterocycles. The van der Waals surface area contributed by atoms with Crippen LogP contribution in [0, 0.1) is 6.92 Å². The van der Waals surface area contributed by atoms with Gasteiger partial charge in [0.1, 0.15) is 0 Å². The normalized spacial score (nSPS) is 12.8. The molecule has 0 aliphatic rings. The highest BCUT2D eigenvalue weighted by atomic mass is 16.3. The molecule has 0 aliphatic carbocycles. The van der Waals surface area contributed by atoms with Gasteiger partial charge in [-0.25, -0.2) is 9.97 Å². The molecular formula is C13H23N3O. The molecule has 1 aromatic rings. The van der Waals surface area contributed by atoms with Gasteiger partial charge in [-0.15, -0.1) is 0 Å². The van der Waals surface area contributed by atoms with E-state index in [4.69, 9.17) is 0 Å². The monoisotopic (exact) mass is 237 g/mol. The van der Waals surface area contributed by atoms with E-state index < -0.39 is 0 Å². The zero-order chi connectivity index (χ0) is 12.8. The molecule has 2 N–H and O–H groups in total. The van der Waals surface area contributed by atoms with Gasteiger partial charge in [0.05, 0.1) is 6.10 Å². The maximum Gasteiger partial charge on any atom is 0.223 e. The van der Waals surface area contributed by atoms with E-state index in [9.17, 15) is 5.11 Å². The molecule has 0 saturated carbocycles. The molecule has 0 fully saturated rings. The van der Waals surface area contributed by atoms with Crippen molar-refractivity contribution in [3.63, 3.8) is 0 Å². The highest BCUT2D eigenvalue weighted by molar-refractivity contribution is 5.29. The first-order valence-electron chi connectivity index (χ1n) is 6.30. The number of hydrogen-bond acceptors (Lipinski definition) is 4. The molecule has 0 aromatic carbocycles. The number of hydrogen-bond donors (Lipinski definition) is 2. The highest BCUT2D eigenvalue weighted by Gasteiger charge is 2.07. The van der Waals surface area contributed by atoms with Gasteiger partial charge in [0.15, 0.2) is 0 Å². The van der Waals surface area contributed by atoms with Gasteiger partial charge in [-0.1, -0.05) is 27.2 Å². The van der Waals surface area contributed by atoms with Gasteiger partial charge in [-0.2, -0.15) is 0 Å². The lowest BCUT2D eigenvalue weighted by Gasteiger charge is -2.12. The SMILES string of the molecule is CCCC(O)CNc1nc(C)cc(C(C)C)n1. The van der Waals surface area contributed by atoms with Crippen LogP contribution in [0.4, 0.5) is 5.95 Å². The highest BCUT2D eigenvalue weighted by Crippen LogP contribution is 2.14. The van der Waals surface area contributed by atoms with Crippen molar-refractivity contribution in [3.05, 3.63) is 17.5 Å². The summed E-state index contributed by atoms with van der Waals surface area (Å²) in [5.41, 5.74) is 1.99. The smallest absolute Gasteiger partial charge is 0.223 e. The van der Waals surface area contributed by atoms with Crippen molar-refractivity contribution in [2.24, 2.45) is 0 Å². The van der Waals surface area contributed by atoms with Gasteiger partial charge in [-0.05, 0) is 25.3 Å². The summed E-state index contributed by atoms with van der Waals surface area (Å²) in [5.74, 6) is 1.00. The van der Waals surface area contributed by atoms with Gasteiger partial charge in [-0.3, -0.25) is 0 Å². The number of nitrogens with one attached hydrogen (secondary N) is 1. The molecule has 4 nitrogen and oxygen atoms in total. The van der Waals surface area contributed by atoms with E-state index in [2.05, 4.69) is 36.1 Å².